The third kappa shape index (κ3) is 6.23. The number of sulfonamides is 1. The maximum atomic E-state index is 14.2. The third-order valence-corrected chi connectivity index (χ3v) is 12.2. The first-order valence-electron chi connectivity index (χ1n) is 17.6. The molecule has 0 radical (unpaired) electrons. The minimum Gasteiger partial charge on any atom is -0.472 e. The predicted molar refractivity (Wildman–Crippen MR) is 186 cm³/mol. The molecule has 13 heteroatoms. The van der Waals surface area contributed by atoms with Crippen LogP contribution in [-0.4, -0.2) is 75.1 Å². The van der Waals surface area contributed by atoms with Gasteiger partial charge in [0.05, 0.1) is 23.0 Å². The van der Waals surface area contributed by atoms with Crippen LogP contribution in [0.3, 0.4) is 0 Å². The Morgan fingerprint density at radius 3 is 2.60 bits per heavy atom. The summed E-state index contributed by atoms with van der Waals surface area (Å²) in [5, 5.41) is 7.99. The molecular formula is C37H40N6O6S. The van der Waals surface area contributed by atoms with Crippen molar-refractivity contribution in [3.8, 4) is 17.1 Å². The highest BCUT2D eigenvalue weighted by molar-refractivity contribution is 7.91. The number of hydrogen-bond acceptors (Lipinski definition) is 8. The Labute approximate surface area is 290 Å². The first-order valence-corrected chi connectivity index (χ1v) is 19.1. The normalized spacial score (nSPS) is 26.1. The first kappa shape index (κ1) is 32.4. The fourth-order valence-corrected chi connectivity index (χ4v) is 8.65. The summed E-state index contributed by atoms with van der Waals surface area (Å²) < 4.78 is 36.1. The van der Waals surface area contributed by atoms with E-state index in [1.165, 1.54) is 0 Å². The van der Waals surface area contributed by atoms with Crippen molar-refractivity contribution in [3.05, 3.63) is 72.8 Å². The van der Waals surface area contributed by atoms with Gasteiger partial charge in [0, 0.05) is 35.8 Å². The average Bonchev–Trinajstić information content (AvgIpc) is 4.01. The standard InChI is InChI=1S/C37H40N6O6S/c44-32-17-9-4-2-1-3-8-14-25-22-37(25,36(46)41-50(47,48)27-18-19-27)39-35(45)31-20-26(23-42(31)32)49-33-21-30(24-12-6-5-7-13-24)38-34-28-15-10-11-16-29(28)40-43(33)34/h5-8,10-16,21,25-27,31H,1-4,9,17-20,22-23H2,(H,39,45)(H,41,46)/t25-,26-,31+,37-/m1/s1. The number of carbonyl (C=O) groups excluding carboxylic acids is 3. The van der Waals surface area contributed by atoms with Crippen molar-refractivity contribution in [1.82, 2.24) is 29.5 Å². The lowest BCUT2D eigenvalue weighted by Crippen LogP contribution is -2.56. The molecule has 3 fully saturated rings. The van der Waals surface area contributed by atoms with Gasteiger partial charge in [-0.1, -0.05) is 67.5 Å². The van der Waals surface area contributed by atoms with Crippen LogP contribution in [0.1, 0.15) is 64.2 Å². The topological polar surface area (TPSA) is 152 Å². The molecular weight excluding hydrogens is 657 g/mol. The molecule has 4 atom stereocenters. The van der Waals surface area contributed by atoms with Crippen LogP contribution in [0.5, 0.6) is 5.88 Å². The van der Waals surface area contributed by atoms with Crippen molar-refractivity contribution in [3.63, 3.8) is 0 Å². The van der Waals surface area contributed by atoms with Gasteiger partial charge < -0.3 is 15.0 Å². The van der Waals surface area contributed by atoms with E-state index in [1.807, 2.05) is 72.8 Å². The largest absolute Gasteiger partial charge is 0.472 e. The summed E-state index contributed by atoms with van der Waals surface area (Å²) in [6.07, 6.45) is 9.45. The van der Waals surface area contributed by atoms with E-state index in [2.05, 4.69) is 10.0 Å². The zero-order valence-electron chi connectivity index (χ0n) is 27.7. The van der Waals surface area contributed by atoms with Crippen LogP contribution >= 0.6 is 0 Å². The van der Waals surface area contributed by atoms with Crippen molar-refractivity contribution < 1.29 is 27.5 Å². The van der Waals surface area contributed by atoms with Crippen molar-refractivity contribution in [2.45, 2.75) is 87.1 Å². The van der Waals surface area contributed by atoms with Crippen LogP contribution in [0.4, 0.5) is 0 Å². The van der Waals surface area contributed by atoms with Gasteiger partial charge in [-0.15, -0.1) is 0 Å². The Bertz CT molecular complexity index is 2110. The van der Waals surface area contributed by atoms with Crippen molar-refractivity contribution in [1.29, 1.82) is 0 Å². The van der Waals surface area contributed by atoms with E-state index in [9.17, 15) is 22.8 Å². The molecule has 260 valence electrons. The predicted octanol–water partition coefficient (Wildman–Crippen LogP) is 4.29. The molecule has 3 amide bonds. The van der Waals surface area contributed by atoms with Gasteiger partial charge >= 0.3 is 0 Å². The van der Waals surface area contributed by atoms with E-state index in [4.69, 9.17) is 14.8 Å². The molecule has 2 aliphatic carbocycles. The van der Waals surface area contributed by atoms with Crippen LogP contribution in [0.2, 0.25) is 0 Å². The zero-order valence-corrected chi connectivity index (χ0v) is 28.5. The molecule has 1 saturated heterocycles. The molecule has 2 aromatic carbocycles. The summed E-state index contributed by atoms with van der Waals surface area (Å²) in [5.41, 5.74) is 1.58. The highest BCUT2D eigenvalue weighted by atomic mass is 32.2. The lowest BCUT2D eigenvalue weighted by atomic mass is 10.1. The Kier molecular flexibility index (Phi) is 8.32. The van der Waals surface area contributed by atoms with E-state index < -0.39 is 44.8 Å². The van der Waals surface area contributed by atoms with Crippen molar-refractivity contribution in [2.75, 3.05) is 6.54 Å². The minimum atomic E-state index is -3.82. The summed E-state index contributed by atoms with van der Waals surface area (Å²) in [6.45, 7) is 0.167. The van der Waals surface area contributed by atoms with Crippen LogP contribution in [0.25, 0.3) is 27.8 Å². The van der Waals surface area contributed by atoms with Crippen molar-refractivity contribution in [2.24, 2.45) is 5.92 Å². The maximum absolute atomic E-state index is 14.2. The molecule has 4 heterocycles. The summed E-state index contributed by atoms with van der Waals surface area (Å²) in [6, 6.07) is 18.4. The van der Waals surface area contributed by atoms with Crippen LogP contribution < -0.4 is 14.8 Å². The lowest BCUT2D eigenvalue weighted by molar-refractivity contribution is -0.139. The molecule has 2 saturated carbocycles. The second kappa shape index (κ2) is 12.8. The first-order chi connectivity index (χ1) is 24.2. The molecule has 0 bridgehead atoms. The number of fused-ring (bicyclic) bond motifs is 5. The molecule has 50 heavy (non-hydrogen) atoms. The number of rotatable bonds is 6. The van der Waals surface area contributed by atoms with E-state index >= 15 is 0 Å². The monoisotopic (exact) mass is 696 g/mol. The number of allylic oxidation sites excluding steroid dienone is 1. The molecule has 4 aliphatic rings. The van der Waals surface area contributed by atoms with E-state index in [-0.39, 0.29) is 31.2 Å². The van der Waals surface area contributed by atoms with Crippen LogP contribution in [-0.2, 0) is 24.4 Å². The van der Waals surface area contributed by atoms with Gasteiger partial charge in [-0.05, 0) is 50.7 Å². The zero-order chi connectivity index (χ0) is 34.5. The summed E-state index contributed by atoms with van der Waals surface area (Å²) in [7, 11) is -3.82. The minimum absolute atomic E-state index is 0.152. The quantitative estimate of drug-likeness (QED) is 0.284. The number of benzene rings is 2. The summed E-state index contributed by atoms with van der Waals surface area (Å²) in [4.78, 5) is 48.0. The molecule has 2 N–H and O–H groups in total. The van der Waals surface area contributed by atoms with Gasteiger partial charge in [-0.25, -0.2) is 13.4 Å². The van der Waals surface area contributed by atoms with E-state index in [1.54, 1.807) is 9.42 Å². The Balaban J connectivity index is 1.10. The Hall–Kier alpha value is -4.78. The molecule has 2 aromatic heterocycles. The number of carbonyl (C=O) groups is 3. The molecule has 0 unspecified atom stereocenters. The molecule has 12 nitrogen and oxygen atoms in total. The molecule has 8 rings (SSSR count). The SMILES string of the molecule is O=C1N[C@]2(C(=O)NS(=O)(=O)C3CC3)C[C@H]2C=CCCCCCCC(=O)N2C[C@H](Oc3cc(-c4ccccc4)nc4c5ccccc5nn34)C[C@@H]12. The Morgan fingerprint density at radius 2 is 1.78 bits per heavy atom. The third-order valence-electron chi connectivity index (χ3n) is 10.3. The van der Waals surface area contributed by atoms with Gasteiger partial charge in [-0.2, -0.15) is 9.61 Å². The second-order valence-electron chi connectivity index (χ2n) is 14.0. The van der Waals surface area contributed by atoms with Gasteiger partial charge in [-0.3, -0.25) is 19.1 Å². The fraction of sp³-hybridized carbons (Fsp3) is 0.432. The average molecular weight is 697 g/mol. The number of nitrogens with one attached hydrogen (secondary N) is 2. The smallest absolute Gasteiger partial charge is 0.259 e. The molecule has 2 aliphatic heterocycles. The number of ether oxygens (including phenoxy) is 1. The van der Waals surface area contributed by atoms with Gasteiger partial charge in [0.15, 0.2) is 5.65 Å². The maximum Gasteiger partial charge on any atom is 0.259 e. The second-order valence-corrected chi connectivity index (χ2v) is 15.9. The highest BCUT2D eigenvalue weighted by Gasteiger charge is 2.62. The number of nitrogens with zero attached hydrogens (tertiary/aromatic N) is 4. The summed E-state index contributed by atoms with van der Waals surface area (Å²) in [5.74, 6) is -1.29. The lowest BCUT2D eigenvalue weighted by Gasteiger charge is -2.26. The van der Waals surface area contributed by atoms with E-state index in [0.717, 1.165) is 42.1 Å². The Morgan fingerprint density at radius 1 is 1.00 bits per heavy atom. The van der Waals surface area contributed by atoms with Crippen molar-refractivity contribution >= 4 is 44.3 Å². The number of amides is 3. The molecule has 0 spiro atoms. The molecule has 4 aromatic rings. The van der Waals surface area contributed by atoms with Gasteiger partial charge in [0.2, 0.25) is 27.7 Å². The number of aromatic nitrogens is 3. The van der Waals surface area contributed by atoms with Gasteiger partial charge in [0.25, 0.3) is 5.91 Å². The van der Waals surface area contributed by atoms with Gasteiger partial charge in [0.1, 0.15) is 17.7 Å². The van der Waals surface area contributed by atoms with Crippen LogP contribution in [0, 0.1) is 5.92 Å². The highest BCUT2D eigenvalue weighted by Crippen LogP contribution is 2.46. The van der Waals surface area contributed by atoms with Crippen LogP contribution in [0.15, 0.2) is 72.8 Å². The summed E-state index contributed by atoms with van der Waals surface area (Å²) >= 11 is 0. The number of hydrogen-bond donors (Lipinski definition) is 2. The van der Waals surface area contributed by atoms with E-state index in [0.29, 0.717) is 42.9 Å². The fourth-order valence-electron chi connectivity index (χ4n) is 7.29.